The zero-order valence-electron chi connectivity index (χ0n) is 19.3. The third-order valence-electron chi connectivity index (χ3n) is 5.46. The molecule has 33 heavy (non-hydrogen) atoms. The molecule has 0 aliphatic heterocycles. The van der Waals surface area contributed by atoms with Crippen molar-refractivity contribution in [2.75, 3.05) is 35.0 Å². The molecule has 0 fully saturated rings. The van der Waals surface area contributed by atoms with E-state index in [0.29, 0.717) is 41.2 Å². The first-order valence-electron chi connectivity index (χ1n) is 10.3. The lowest BCUT2D eigenvalue weighted by molar-refractivity contribution is -0.146. The van der Waals surface area contributed by atoms with E-state index in [1.165, 1.54) is 34.3 Å². The van der Waals surface area contributed by atoms with Gasteiger partial charge in [0, 0.05) is 12.5 Å². The highest BCUT2D eigenvalue weighted by atomic mass is 16.5. The summed E-state index contributed by atoms with van der Waals surface area (Å²) in [7, 11) is 6.01. The van der Waals surface area contributed by atoms with Crippen molar-refractivity contribution < 1.29 is 33.3 Å². The van der Waals surface area contributed by atoms with Crippen LogP contribution in [0, 0.1) is 0 Å². The molecule has 0 bridgehead atoms. The number of methoxy groups -OCH3 is 4. The van der Waals surface area contributed by atoms with Gasteiger partial charge in [0.15, 0.2) is 23.9 Å². The second-order valence-corrected chi connectivity index (χ2v) is 7.40. The SMILES string of the molecule is COc1cc2c(c(OC)c1OC)-c1ccc(OC)c(=O)cc1[C@@H](NC(=O)COC(C)=O)CC2. The summed E-state index contributed by atoms with van der Waals surface area (Å²) in [5.41, 5.74) is 2.57. The Hall–Kier alpha value is -3.75. The number of hydrogen-bond acceptors (Lipinski definition) is 8. The molecule has 0 saturated carbocycles. The second-order valence-electron chi connectivity index (χ2n) is 7.40. The molecule has 1 atom stereocenters. The fraction of sp³-hybridized carbons (Fsp3) is 0.375. The topological polar surface area (TPSA) is 109 Å². The first kappa shape index (κ1) is 23.9. The molecule has 0 radical (unpaired) electrons. The van der Waals surface area contributed by atoms with Crippen LogP contribution >= 0.6 is 0 Å². The van der Waals surface area contributed by atoms with Crippen molar-refractivity contribution in [3.8, 4) is 34.1 Å². The molecule has 0 unspecified atom stereocenters. The molecule has 1 amide bonds. The van der Waals surface area contributed by atoms with E-state index in [0.717, 1.165) is 11.1 Å². The number of nitrogens with one attached hydrogen (secondary N) is 1. The van der Waals surface area contributed by atoms with Gasteiger partial charge in [-0.2, -0.15) is 0 Å². The van der Waals surface area contributed by atoms with Gasteiger partial charge < -0.3 is 29.0 Å². The van der Waals surface area contributed by atoms with Gasteiger partial charge in [-0.3, -0.25) is 14.4 Å². The number of hydrogen-bond donors (Lipinski definition) is 1. The highest BCUT2D eigenvalue weighted by Crippen LogP contribution is 2.50. The van der Waals surface area contributed by atoms with Gasteiger partial charge in [0.2, 0.25) is 11.2 Å². The molecule has 3 rings (SSSR count). The Morgan fingerprint density at radius 1 is 0.970 bits per heavy atom. The summed E-state index contributed by atoms with van der Waals surface area (Å²) in [6, 6.07) is 6.15. The molecule has 2 aromatic rings. The summed E-state index contributed by atoms with van der Waals surface area (Å²) in [6.07, 6.45) is 1.03. The van der Waals surface area contributed by atoms with E-state index in [9.17, 15) is 14.4 Å². The lowest BCUT2D eigenvalue weighted by Gasteiger charge is -2.20. The molecule has 1 N–H and O–H groups in total. The summed E-state index contributed by atoms with van der Waals surface area (Å²) >= 11 is 0. The third-order valence-corrected chi connectivity index (χ3v) is 5.46. The summed E-state index contributed by atoms with van der Waals surface area (Å²) in [6.45, 7) is 0.819. The fourth-order valence-corrected chi connectivity index (χ4v) is 4.02. The molecule has 2 aromatic carbocycles. The van der Waals surface area contributed by atoms with Gasteiger partial charge in [0.1, 0.15) is 0 Å². The van der Waals surface area contributed by atoms with E-state index in [4.69, 9.17) is 23.7 Å². The first-order valence-corrected chi connectivity index (χ1v) is 10.3. The number of ether oxygens (including phenoxy) is 5. The maximum Gasteiger partial charge on any atom is 0.303 e. The molecule has 176 valence electrons. The Kier molecular flexibility index (Phi) is 7.42. The Morgan fingerprint density at radius 3 is 2.27 bits per heavy atom. The van der Waals surface area contributed by atoms with Gasteiger partial charge in [-0.05, 0) is 47.7 Å². The normalized spacial score (nSPS) is 14.2. The first-order chi connectivity index (χ1) is 15.8. The number of fused-ring (bicyclic) bond motifs is 3. The Bertz CT molecular complexity index is 1130. The van der Waals surface area contributed by atoms with Crippen LogP contribution in [-0.4, -0.2) is 46.9 Å². The van der Waals surface area contributed by atoms with E-state index in [2.05, 4.69) is 5.32 Å². The smallest absolute Gasteiger partial charge is 0.303 e. The van der Waals surface area contributed by atoms with Crippen LogP contribution in [0.15, 0.2) is 29.1 Å². The van der Waals surface area contributed by atoms with Crippen molar-refractivity contribution >= 4 is 11.9 Å². The molecule has 1 aliphatic rings. The summed E-state index contributed by atoms with van der Waals surface area (Å²) in [5, 5.41) is 2.88. The minimum Gasteiger partial charge on any atom is -0.493 e. The van der Waals surface area contributed by atoms with Crippen LogP contribution in [0.3, 0.4) is 0 Å². The Labute approximate surface area is 191 Å². The molecular weight excluding hydrogens is 430 g/mol. The minimum absolute atomic E-state index is 0.161. The number of carbonyl (C=O) groups is 2. The lowest BCUT2D eigenvalue weighted by Crippen LogP contribution is -2.32. The zero-order chi connectivity index (χ0) is 24.1. The van der Waals surface area contributed by atoms with Crippen LogP contribution in [0.2, 0.25) is 0 Å². The Morgan fingerprint density at radius 2 is 1.67 bits per heavy atom. The highest BCUT2D eigenvalue weighted by Gasteiger charge is 2.30. The highest BCUT2D eigenvalue weighted by molar-refractivity contribution is 5.84. The predicted molar refractivity (Wildman–Crippen MR) is 120 cm³/mol. The fourth-order valence-electron chi connectivity index (χ4n) is 4.02. The molecule has 0 spiro atoms. The maximum atomic E-state index is 12.8. The van der Waals surface area contributed by atoms with Crippen LogP contribution in [-0.2, 0) is 20.7 Å². The van der Waals surface area contributed by atoms with Gasteiger partial charge in [-0.25, -0.2) is 0 Å². The quantitative estimate of drug-likeness (QED) is 0.632. The van der Waals surface area contributed by atoms with Gasteiger partial charge in [0.25, 0.3) is 5.91 Å². The summed E-state index contributed by atoms with van der Waals surface area (Å²) < 4.78 is 26.8. The molecule has 0 aromatic heterocycles. The largest absolute Gasteiger partial charge is 0.493 e. The van der Waals surface area contributed by atoms with Crippen molar-refractivity contribution in [3.63, 3.8) is 0 Å². The average Bonchev–Trinajstić information content (AvgIpc) is 3.05. The van der Waals surface area contributed by atoms with Crippen molar-refractivity contribution in [3.05, 3.63) is 45.6 Å². The second kappa shape index (κ2) is 10.2. The number of amides is 1. The van der Waals surface area contributed by atoms with Gasteiger partial charge in [-0.15, -0.1) is 0 Å². The molecule has 0 saturated heterocycles. The van der Waals surface area contributed by atoms with Gasteiger partial charge in [-0.1, -0.05) is 6.07 Å². The lowest BCUT2D eigenvalue weighted by atomic mass is 9.95. The van der Waals surface area contributed by atoms with Crippen LogP contribution in [0.25, 0.3) is 11.1 Å². The number of carbonyl (C=O) groups excluding carboxylic acids is 2. The number of esters is 1. The molecular formula is C24H27NO8. The maximum absolute atomic E-state index is 12.8. The summed E-state index contributed by atoms with van der Waals surface area (Å²) in [5.74, 6) is 0.518. The van der Waals surface area contributed by atoms with Gasteiger partial charge in [0.05, 0.1) is 34.5 Å². The number of benzene rings is 1. The minimum atomic E-state index is -0.555. The van der Waals surface area contributed by atoms with E-state index in [1.54, 1.807) is 19.2 Å². The van der Waals surface area contributed by atoms with Crippen LogP contribution in [0.5, 0.6) is 23.0 Å². The van der Waals surface area contributed by atoms with Crippen molar-refractivity contribution in [2.24, 2.45) is 0 Å². The van der Waals surface area contributed by atoms with Crippen LogP contribution in [0.1, 0.15) is 30.5 Å². The molecule has 9 heteroatoms. The van der Waals surface area contributed by atoms with Crippen LogP contribution < -0.4 is 29.7 Å². The Balaban J connectivity index is 2.25. The number of rotatable bonds is 7. The monoisotopic (exact) mass is 457 g/mol. The van der Waals surface area contributed by atoms with E-state index in [-0.39, 0.29) is 11.2 Å². The van der Waals surface area contributed by atoms with E-state index < -0.39 is 24.5 Å². The molecule has 0 heterocycles. The van der Waals surface area contributed by atoms with E-state index in [1.807, 2.05) is 6.07 Å². The average molecular weight is 457 g/mol. The number of aryl methyl sites for hydroxylation is 1. The van der Waals surface area contributed by atoms with Gasteiger partial charge >= 0.3 is 5.97 Å². The molecule has 1 aliphatic carbocycles. The van der Waals surface area contributed by atoms with Crippen molar-refractivity contribution in [1.82, 2.24) is 5.32 Å². The van der Waals surface area contributed by atoms with Crippen LogP contribution in [0.4, 0.5) is 0 Å². The van der Waals surface area contributed by atoms with Crippen molar-refractivity contribution in [2.45, 2.75) is 25.8 Å². The van der Waals surface area contributed by atoms with E-state index >= 15 is 0 Å². The van der Waals surface area contributed by atoms with Crippen molar-refractivity contribution in [1.29, 1.82) is 0 Å². The zero-order valence-corrected chi connectivity index (χ0v) is 19.3. The third kappa shape index (κ3) is 4.87. The standard InChI is InChI=1S/C24H27NO8/c1-13(26)33-12-21(28)25-17-8-6-14-10-20(30-3)23(31-4)24(32-5)22(14)15-7-9-19(29-2)18(27)11-16(15)17/h7,9-11,17H,6,8,12H2,1-5H3,(H,25,28)/t17-/m0/s1. The predicted octanol–water partition coefficient (Wildman–Crippen LogP) is 2.41. The molecule has 9 nitrogen and oxygen atoms in total. The summed E-state index contributed by atoms with van der Waals surface area (Å²) in [4.78, 5) is 36.3.